The first-order chi connectivity index (χ1) is 19.3. The van der Waals surface area contributed by atoms with E-state index in [4.69, 9.17) is 19.9 Å². The highest BCUT2D eigenvalue weighted by molar-refractivity contribution is 8.00. The van der Waals surface area contributed by atoms with Gasteiger partial charge in [-0.15, -0.1) is 5.10 Å². The molecule has 4 fully saturated rings. The molecular weight excluding hydrogens is 536 g/mol. The topological polar surface area (TPSA) is 169 Å². The van der Waals surface area contributed by atoms with E-state index in [0.717, 1.165) is 43.6 Å². The molecule has 15 heteroatoms. The van der Waals surface area contributed by atoms with Crippen molar-refractivity contribution in [1.29, 1.82) is 0 Å². The predicted octanol–water partition coefficient (Wildman–Crippen LogP) is 1.39. The number of rotatable bonds is 9. The Morgan fingerprint density at radius 1 is 1.15 bits per heavy atom. The van der Waals surface area contributed by atoms with Gasteiger partial charge < -0.3 is 30.6 Å². The molecule has 214 valence electrons. The second-order valence-corrected chi connectivity index (χ2v) is 12.6. The molecular formula is C25H34N10O4S. The van der Waals surface area contributed by atoms with Crippen LogP contribution in [-0.2, 0) is 27.2 Å². The molecule has 4 aliphatic rings. The second kappa shape index (κ2) is 10.1. The number of urea groups is 1. The van der Waals surface area contributed by atoms with Crippen LogP contribution in [0.2, 0.25) is 0 Å². The molecule has 0 radical (unpaired) electrons. The highest BCUT2D eigenvalue weighted by Crippen LogP contribution is 2.44. The molecule has 40 heavy (non-hydrogen) atoms. The zero-order valence-corrected chi connectivity index (χ0v) is 23.3. The number of aromatic nitrogens is 7. The summed E-state index contributed by atoms with van der Waals surface area (Å²) in [6.07, 6.45) is 8.93. The fraction of sp³-hybridized carbons (Fsp3) is 0.680. The van der Waals surface area contributed by atoms with Crippen LogP contribution >= 0.6 is 11.8 Å². The lowest BCUT2D eigenvalue weighted by Gasteiger charge is -2.24. The first kappa shape index (κ1) is 25.9. The zero-order chi connectivity index (χ0) is 27.4. The molecule has 14 nitrogen and oxygen atoms in total. The number of fused-ring (bicyclic) bond motifs is 3. The van der Waals surface area contributed by atoms with Gasteiger partial charge in [0.15, 0.2) is 23.5 Å². The zero-order valence-electron chi connectivity index (χ0n) is 22.5. The monoisotopic (exact) mass is 570 g/mol. The summed E-state index contributed by atoms with van der Waals surface area (Å²) in [6, 6.07) is 0.530. The molecule has 4 aliphatic heterocycles. The number of unbranched alkanes of at least 4 members (excludes halogenated alkanes) is 2. The summed E-state index contributed by atoms with van der Waals surface area (Å²) < 4.78 is 22.7. The van der Waals surface area contributed by atoms with Crippen molar-refractivity contribution in [1.82, 2.24) is 45.1 Å². The van der Waals surface area contributed by atoms with Gasteiger partial charge in [-0.05, 0) is 33.1 Å². The van der Waals surface area contributed by atoms with Crippen molar-refractivity contribution in [2.24, 2.45) is 0 Å². The van der Waals surface area contributed by atoms with Crippen molar-refractivity contribution in [2.45, 2.75) is 100 Å². The van der Waals surface area contributed by atoms with Gasteiger partial charge in [0.25, 0.3) is 0 Å². The maximum absolute atomic E-state index is 11.6. The minimum atomic E-state index is -0.745. The summed E-state index contributed by atoms with van der Waals surface area (Å²) in [7, 11) is 0. The number of ether oxygens (including phenoxy) is 3. The summed E-state index contributed by atoms with van der Waals surface area (Å²) in [6.45, 7) is 4.29. The average Bonchev–Trinajstić information content (AvgIpc) is 3.73. The van der Waals surface area contributed by atoms with Crippen LogP contribution in [0.15, 0.2) is 18.9 Å². The number of thioether (sulfide) groups is 1. The lowest BCUT2D eigenvalue weighted by molar-refractivity contribution is -0.197. The molecule has 0 saturated carbocycles. The number of carbonyl (C=O) groups is 1. The number of imidazole rings is 1. The lowest BCUT2D eigenvalue weighted by Crippen LogP contribution is -2.36. The number of nitrogens with two attached hydrogens (primary N) is 1. The molecule has 2 amide bonds. The molecule has 0 spiro atoms. The third kappa shape index (κ3) is 4.78. The summed E-state index contributed by atoms with van der Waals surface area (Å²) in [5.74, 6) is 0.575. The maximum Gasteiger partial charge on any atom is 0.315 e. The first-order valence-corrected chi connectivity index (χ1v) is 14.9. The van der Waals surface area contributed by atoms with E-state index >= 15 is 0 Å². The number of carbonyl (C=O) groups excluding carboxylic acids is 1. The molecule has 0 unspecified atom stereocenters. The number of nitrogen functional groups attached to an aromatic ring is 1. The van der Waals surface area contributed by atoms with Crippen molar-refractivity contribution in [3.8, 4) is 0 Å². The molecule has 0 bridgehead atoms. The van der Waals surface area contributed by atoms with Crippen LogP contribution in [0.1, 0.15) is 51.5 Å². The normalized spacial score (nSPS) is 32.4. The van der Waals surface area contributed by atoms with Gasteiger partial charge in [0.1, 0.15) is 30.2 Å². The van der Waals surface area contributed by atoms with Gasteiger partial charge in [-0.25, -0.2) is 24.4 Å². The molecule has 3 aromatic heterocycles. The van der Waals surface area contributed by atoms with Crippen molar-refractivity contribution in [2.75, 3.05) is 11.5 Å². The molecule has 0 aromatic carbocycles. The lowest BCUT2D eigenvalue weighted by atomic mass is 10.0. The van der Waals surface area contributed by atoms with E-state index < -0.39 is 12.0 Å². The molecule has 3 aromatic rings. The van der Waals surface area contributed by atoms with Gasteiger partial charge in [0.05, 0.1) is 30.6 Å². The van der Waals surface area contributed by atoms with Gasteiger partial charge in [-0.1, -0.05) is 18.1 Å². The molecule has 7 atom stereocenters. The minimum Gasteiger partial charge on any atom is -0.382 e. The standard InChI is InChI=1S/C25H34N10O4S/c1-25(2)38-19-15(37-23(20(19)39-25)35-12-29-18-21(26)27-11-28-22(18)35)9-34-8-13(32-33-34)6-4-3-5-7-16-17-14(10-40-16)30-24(36)31-17/h8,11-12,14-17,19-20,23H,3-7,9-10H2,1-2H3,(H2,26,27,28)(H2,30,31,36)/t14-,15+,16-,17-,19+,20+,23+/m0/s1. The number of hydrogen-bond acceptors (Lipinski definition) is 11. The van der Waals surface area contributed by atoms with E-state index in [2.05, 4.69) is 35.9 Å². The van der Waals surface area contributed by atoms with Crippen LogP contribution in [-0.4, -0.2) is 87.7 Å². The van der Waals surface area contributed by atoms with E-state index in [0.29, 0.717) is 28.8 Å². The highest BCUT2D eigenvalue weighted by atomic mass is 32.2. The van der Waals surface area contributed by atoms with Gasteiger partial charge in [0, 0.05) is 17.2 Å². The summed E-state index contributed by atoms with van der Waals surface area (Å²) in [5.41, 5.74) is 8.07. The Balaban J connectivity index is 0.949. The Kier molecular flexibility index (Phi) is 6.56. The van der Waals surface area contributed by atoms with Gasteiger partial charge in [-0.2, -0.15) is 11.8 Å². The van der Waals surface area contributed by atoms with Gasteiger partial charge in [0.2, 0.25) is 0 Å². The number of amides is 2. The number of anilines is 1. The molecule has 4 N–H and O–H groups in total. The SMILES string of the molecule is CC1(C)O[C@@H]2[C@H](O1)[C@@H](Cn1cc(CCCCC[C@@H]3SC[C@@H]4NC(=O)N[C@@H]43)nn1)O[C@H]2n1cnc2c(N)ncnc21. The second-order valence-electron chi connectivity index (χ2n) is 11.4. The van der Waals surface area contributed by atoms with Crippen LogP contribution in [0.3, 0.4) is 0 Å². The number of aryl methyl sites for hydroxylation is 1. The Labute approximate surface area is 235 Å². The van der Waals surface area contributed by atoms with Crippen molar-refractivity contribution in [3.05, 3.63) is 24.5 Å². The third-order valence-electron chi connectivity index (χ3n) is 8.10. The van der Waals surface area contributed by atoms with Gasteiger partial charge >= 0.3 is 6.03 Å². The molecule has 4 saturated heterocycles. The first-order valence-electron chi connectivity index (χ1n) is 13.9. The minimum absolute atomic E-state index is 0.0249. The van der Waals surface area contributed by atoms with E-state index in [1.54, 1.807) is 6.33 Å². The summed E-state index contributed by atoms with van der Waals surface area (Å²) in [5, 5.41) is 15.3. The van der Waals surface area contributed by atoms with Crippen molar-refractivity contribution < 1.29 is 19.0 Å². The third-order valence-corrected chi connectivity index (χ3v) is 9.61. The van der Waals surface area contributed by atoms with Crippen LogP contribution in [0.4, 0.5) is 10.6 Å². The Hall–Kier alpha value is -3.01. The van der Waals surface area contributed by atoms with E-state index in [9.17, 15) is 4.79 Å². The Morgan fingerprint density at radius 2 is 2.02 bits per heavy atom. The molecule has 7 heterocycles. The fourth-order valence-corrected chi connectivity index (χ4v) is 7.83. The summed E-state index contributed by atoms with van der Waals surface area (Å²) >= 11 is 1.97. The van der Waals surface area contributed by atoms with Crippen molar-refractivity contribution >= 4 is 34.8 Å². The smallest absolute Gasteiger partial charge is 0.315 e. The van der Waals surface area contributed by atoms with Crippen molar-refractivity contribution in [3.63, 3.8) is 0 Å². The van der Waals surface area contributed by atoms with Crippen LogP contribution in [0.5, 0.6) is 0 Å². The van der Waals surface area contributed by atoms with Gasteiger partial charge in [-0.3, -0.25) is 4.57 Å². The molecule has 7 rings (SSSR count). The fourth-order valence-electron chi connectivity index (χ4n) is 6.28. The largest absolute Gasteiger partial charge is 0.382 e. The van der Waals surface area contributed by atoms with Crippen LogP contribution in [0.25, 0.3) is 11.2 Å². The summed E-state index contributed by atoms with van der Waals surface area (Å²) in [4.78, 5) is 24.4. The van der Waals surface area contributed by atoms with E-state index in [1.807, 2.05) is 41.1 Å². The average molecular weight is 571 g/mol. The highest BCUT2D eigenvalue weighted by Gasteiger charge is 2.56. The van der Waals surface area contributed by atoms with Crippen LogP contribution < -0.4 is 16.4 Å². The van der Waals surface area contributed by atoms with E-state index in [-0.39, 0.29) is 36.4 Å². The Morgan fingerprint density at radius 3 is 2.92 bits per heavy atom. The maximum atomic E-state index is 11.6. The quantitative estimate of drug-likeness (QED) is 0.251. The Bertz CT molecular complexity index is 1400. The molecule has 0 aliphatic carbocycles. The number of nitrogens with one attached hydrogen (secondary N) is 2. The number of nitrogens with zero attached hydrogens (tertiary/aromatic N) is 7. The predicted molar refractivity (Wildman–Crippen MR) is 145 cm³/mol. The number of hydrogen-bond donors (Lipinski definition) is 3. The van der Waals surface area contributed by atoms with E-state index in [1.165, 1.54) is 6.33 Å². The van der Waals surface area contributed by atoms with Crippen LogP contribution in [0, 0.1) is 0 Å².